The Morgan fingerprint density at radius 3 is 2.33 bits per heavy atom. The first-order chi connectivity index (χ1) is 4.16. The minimum Gasteiger partial charge on any atom is -0.361 e. The zero-order chi connectivity index (χ0) is 7.28. The van der Waals surface area contributed by atoms with Crippen LogP contribution in [0.3, 0.4) is 0 Å². The Balaban J connectivity index is 3.25. The summed E-state index contributed by atoms with van der Waals surface area (Å²) in [5.74, 6) is 0.557. The molecule has 0 aliphatic rings. The molecule has 0 amide bonds. The third-order valence-electron chi connectivity index (χ3n) is 1.03. The van der Waals surface area contributed by atoms with E-state index in [0.717, 1.165) is 6.42 Å². The van der Waals surface area contributed by atoms with Crippen LogP contribution in [0, 0.1) is 10.8 Å². The Labute approximate surface area is 55.3 Å². The highest BCUT2D eigenvalue weighted by Crippen LogP contribution is 2.06. The lowest BCUT2D eigenvalue weighted by Crippen LogP contribution is -2.06. The molecule has 0 heterocycles. The van der Waals surface area contributed by atoms with Gasteiger partial charge in [-0.2, -0.15) is 0 Å². The van der Waals surface area contributed by atoms with Crippen LogP contribution in [0.5, 0.6) is 0 Å². The van der Waals surface area contributed by atoms with Crippen LogP contribution in [0.2, 0.25) is 0 Å². The van der Waals surface area contributed by atoms with Gasteiger partial charge in [-0.15, -0.1) is 4.91 Å². The van der Waals surface area contributed by atoms with Crippen molar-refractivity contribution >= 4 is 0 Å². The summed E-state index contributed by atoms with van der Waals surface area (Å²) in [6.07, 6.45) is 0.841. The molecule has 0 aromatic carbocycles. The van der Waals surface area contributed by atoms with Gasteiger partial charge in [-0.1, -0.05) is 13.8 Å². The number of hydrogen-bond donors (Lipinski definition) is 0. The summed E-state index contributed by atoms with van der Waals surface area (Å²) in [4.78, 5) is 13.9. The molecule has 0 aliphatic heterocycles. The van der Waals surface area contributed by atoms with Gasteiger partial charge >= 0.3 is 0 Å². The Morgan fingerprint density at radius 1 is 1.44 bits per heavy atom. The van der Waals surface area contributed by atoms with Gasteiger partial charge in [0, 0.05) is 0 Å². The molecule has 0 spiro atoms. The van der Waals surface area contributed by atoms with Gasteiger partial charge in [0.25, 0.3) is 0 Å². The minimum absolute atomic E-state index is 0.0394. The van der Waals surface area contributed by atoms with Crippen LogP contribution in [-0.4, -0.2) is 6.10 Å². The van der Waals surface area contributed by atoms with E-state index < -0.39 is 0 Å². The molecule has 9 heavy (non-hydrogen) atoms. The van der Waals surface area contributed by atoms with Crippen molar-refractivity contribution in [2.75, 3.05) is 0 Å². The molecule has 0 saturated carbocycles. The van der Waals surface area contributed by atoms with E-state index in [0.29, 0.717) is 5.92 Å². The predicted molar refractivity (Wildman–Crippen MR) is 35.8 cm³/mol. The first-order valence-corrected chi connectivity index (χ1v) is 3.15. The SMILES string of the molecule is CC(C)CC(C)ON=O. The molecule has 0 saturated heterocycles. The molecule has 0 bridgehead atoms. The summed E-state index contributed by atoms with van der Waals surface area (Å²) in [6.45, 7) is 5.98. The Bertz CT molecular complexity index is 83.1. The van der Waals surface area contributed by atoms with Crippen molar-refractivity contribution in [3.05, 3.63) is 4.91 Å². The standard InChI is InChI=1S/C6H13NO2/c1-5(2)4-6(3)9-7-8/h5-6H,4H2,1-3H3. The van der Waals surface area contributed by atoms with E-state index in [-0.39, 0.29) is 6.10 Å². The highest BCUT2D eigenvalue weighted by atomic mass is 16.7. The lowest BCUT2D eigenvalue weighted by atomic mass is 10.1. The maximum absolute atomic E-state index is 9.52. The summed E-state index contributed by atoms with van der Waals surface area (Å²) in [5.41, 5.74) is 0. The molecule has 3 heteroatoms. The lowest BCUT2D eigenvalue weighted by Gasteiger charge is -2.08. The predicted octanol–water partition coefficient (Wildman–Crippen LogP) is 2.12. The molecule has 1 atom stereocenters. The molecular formula is C6H13NO2. The third-order valence-corrected chi connectivity index (χ3v) is 1.03. The Morgan fingerprint density at radius 2 is 2.00 bits per heavy atom. The van der Waals surface area contributed by atoms with Crippen molar-refractivity contribution < 1.29 is 4.84 Å². The summed E-state index contributed by atoms with van der Waals surface area (Å²) in [7, 11) is 0. The molecule has 0 N–H and O–H groups in total. The maximum Gasteiger partial charge on any atom is 0.155 e. The highest BCUT2D eigenvalue weighted by Gasteiger charge is 2.04. The second kappa shape index (κ2) is 4.30. The summed E-state index contributed by atoms with van der Waals surface area (Å²) in [5, 5.41) is 2.34. The van der Waals surface area contributed by atoms with Gasteiger partial charge in [0.05, 0.1) is 0 Å². The van der Waals surface area contributed by atoms with E-state index in [9.17, 15) is 4.91 Å². The fourth-order valence-corrected chi connectivity index (χ4v) is 0.780. The number of nitrogens with zero attached hydrogens (tertiary/aromatic N) is 1. The maximum atomic E-state index is 9.52. The van der Waals surface area contributed by atoms with Crippen LogP contribution in [0.1, 0.15) is 27.2 Å². The molecule has 54 valence electrons. The van der Waals surface area contributed by atoms with Crippen molar-refractivity contribution in [1.29, 1.82) is 0 Å². The molecule has 0 fully saturated rings. The van der Waals surface area contributed by atoms with Crippen LogP contribution < -0.4 is 0 Å². The topological polar surface area (TPSA) is 38.7 Å². The first kappa shape index (κ1) is 8.40. The fraction of sp³-hybridized carbons (Fsp3) is 1.00. The summed E-state index contributed by atoms with van der Waals surface area (Å²) < 4.78 is 0. The van der Waals surface area contributed by atoms with E-state index in [1.165, 1.54) is 0 Å². The normalized spacial score (nSPS) is 13.3. The van der Waals surface area contributed by atoms with Crippen LogP contribution in [-0.2, 0) is 4.84 Å². The van der Waals surface area contributed by atoms with Crippen molar-refractivity contribution in [3.8, 4) is 0 Å². The van der Waals surface area contributed by atoms with Gasteiger partial charge in [0.15, 0.2) is 5.34 Å². The smallest absolute Gasteiger partial charge is 0.155 e. The molecule has 3 nitrogen and oxygen atoms in total. The van der Waals surface area contributed by atoms with Gasteiger partial charge in [-0.3, -0.25) is 0 Å². The van der Waals surface area contributed by atoms with E-state index in [1.54, 1.807) is 0 Å². The van der Waals surface area contributed by atoms with Gasteiger partial charge in [0.2, 0.25) is 0 Å². The van der Waals surface area contributed by atoms with E-state index in [1.807, 2.05) is 6.92 Å². The van der Waals surface area contributed by atoms with E-state index in [2.05, 4.69) is 24.0 Å². The number of hydrogen-bond acceptors (Lipinski definition) is 3. The van der Waals surface area contributed by atoms with Gasteiger partial charge in [-0.25, -0.2) is 0 Å². The minimum atomic E-state index is -0.0394. The fourth-order valence-electron chi connectivity index (χ4n) is 0.780. The average Bonchev–Trinajstić information content (AvgIpc) is 1.63. The average molecular weight is 131 g/mol. The zero-order valence-electron chi connectivity index (χ0n) is 6.13. The second-order valence-corrected chi connectivity index (χ2v) is 2.62. The van der Waals surface area contributed by atoms with E-state index in [4.69, 9.17) is 0 Å². The van der Waals surface area contributed by atoms with Crippen molar-refractivity contribution in [3.63, 3.8) is 0 Å². The monoisotopic (exact) mass is 131 g/mol. The first-order valence-electron chi connectivity index (χ1n) is 3.15. The van der Waals surface area contributed by atoms with E-state index >= 15 is 0 Å². The van der Waals surface area contributed by atoms with Crippen molar-refractivity contribution in [2.45, 2.75) is 33.3 Å². The zero-order valence-corrected chi connectivity index (χ0v) is 6.13. The Hall–Kier alpha value is -0.600. The molecule has 0 rings (SSSR count). The highest BCUT2D eigenvalue weighted by molar-refractivity contribution is 4.51. The van der Waals surface area contributed by atoms with Crippen LogP contribution >= 0.6 is 0 Å². The van der Waals surface area contributed by atoms with Crippen LogP contribution in [0.15, 0.2) is 5.34 Å². The molecule has 0 radical (unpaired) electrons. The Kier molecular flexibility index (Phi) is 4.01. The van der Waals surface area contributed by atoms with Gasteiger partial charge < -0.3 is 4.84 Å². The van der Waals surface area contributed by atoms with Crippen LogP contribution in [0.4, 0.5) is 0 Å². The lowest BCUT2D eigenvalue weighted by molar-refractivity contribution is 0.0540. The molecule has 0 aromatic heterocycles. The second-order valence-electron chi connectivity index (χ2n) is 2.62. The molecular weight excluding hydrogens is 118 g/mol. The van der Waals surface area contributed by atoms with Crippen molar-refractivity contribution in [1.82, 2.24) is 0 Å². The van der Waals surface area contributed by atoms with Gasteiger partial charge in [0.1, 0.15) is 6.10 Å². The third kappa shape index (κ3) is 5.27. The van der Waals surface area contributed by atoms with Crippen LogP contribution in [0.25, 0.3) is 0 Å². The molecule has 0 aromatic rings. The number of rotatable bonds is 4. The largest absolute Gasteiger partial charge is 0.361 e. The summed E-state index contributed by atoms with van der Waals surface area (Å²) >= 11 is 0. The molecule has 0 aliphatic carbocycles. The van der Waals surface area contributed by atoms with Gasteiger partial charge in [-0.05, 0) is 19.3 Å². The quantitative estimate of drug-likeness (QED) is 0.433. The summed E-state index contributed by atoms with van der Waals surface area (Å²) in [6, 6.07) is 0. The van der Waals surface area contributed by atoms with Crippen molar-refractivity contribution in [2.24, 2.45) is 11.3 Å². The molecule has 1 unspecified atom stereocenters.